The zero-order chi connectivity index (χ0) is 14.9. The second kappa shape index (κ2) is 6.50. The van der Waals surface area contributed by atoms with Crippen molar-refractivity contribution in [1.29, 1.82) is 0 Å². The Balaban J connectivity index is 2.18. The number of piperazine rings is 1. The zero-order valence-electron chi connectivity index (χ0n) is 12.1. The quantitative estimate of drug-likeness (QED) is 0.842. The van der Waals surface area contributed by atoms with Crippen molar-refractivity contribution in [3.63, 3.8) is 0 Å². The number of nitrogens with one attached hydrogen (secondary N) is 1. The first kappa shape index (κ1) is 15.9. The molecule has 1 aliphatic heterocycles. The third-order valence-corrected chi connectivity index (χ3v) is 4.65. The molecule has 0 aromatic heterocycles. The van der Waals surface area contributed by atoms with Crippen molar-refractivity contribution in [2.45, 2.75) is 39.4 Å². The van der Waals surface area contributed by atoms with E-state index < -0.39 is 11.6 Å². The third kappa shape index (κ3) is 3.38. The molecule has 2 atom stereocenters. The molecule has 20 heavy (non-hydrogen) atoms. The zero-order valence-corrected chi connectivity index (χ0v) is 13.7. The Bertz CT molecular complexity index is 479. The Morgan fingerprint density at radius 2 is 2.10 bits per heavy atom. The van der Waals surface area contributed by atoms with E-state index in [4.69, 9.17) is 0 Å². The van der Waals surface area contributed by atoms with Gasteiger partial charge in [-0.3, -0.25) is 4.90 Å². The normalized spacial score (nSPS) is 24.4. The van der Waals surface area contributed by atoms with Crippen LogP contribution in [-0.2, 0) is 6.54 Å². The van der Waals surface area contributed by atoms with Crippen LogP contribution in [0.5, 0.6) is 0 Å². The number of rotatable bonds is 3. The predicted octanol–water partition coefficient (Wildman–Crippen LogP) is 3.55. The monoisotopic (exact) mass is 346 g/mol. The largest absolute Gasteiger partial charge is 0.311 e. The molecule has 0 aliphatic carbocycles. The highest BCUT2D eigenvalue weighted by atomic mass is 79.9. The minimum absolute atomic E-state index is 0.149. The lowest BCUT2D eigenvalue weighted by Crippen LogP contribution is -2.56. The fourth-order valence-electron chi connectivity index (χ4n) is 2.53. The highest BCUT2D eigenvalue weighted by Gasteiger charge is 2.28. The predicted molar refractivity (Wildman–Crippen MR) is 80.6 cm³/mol. The van der Waals surface area contributed by atoms with Gasteiger partial charge in [-0.15, -0.1) is 0 Å². The molecule has 5 heteroatoms. The average Bonchev–Trinajstić information content (AvgIpc) is 2.41. The van der Waals surface area contributed by atoms with Gasteiger partial charge in [-0.1, -0.05) is 13.8 Å². The maximum atomic E-state index is 14.1. The van der Waals surface area contributed by atoms with Crippen molar-refractivity contribution >= 4 is 15.9 Å². The lowest BCUT2D eigenvalue weighted by Gasteiger charge is -2.40. The molecule has 1 heterocycles. The van der Waals surface area contributed by atoms with Crippen LogP contribution in [0.3, 0.4) is 0 Å². The van der Waals surface area contributed by atoms with E-state index in [1.807, 2.05) is 0 Å². The number of hydrogen-bond donors (Lipinski definition) is 1. The van der Waals surface area contributed by atoms with Crippen LogP contribution >= 0.6 is 15.9 Å². The molecular formula is C15H21BrF2N2. The summed E-state index contributed by atoms with van der Waals surface area (Å²) in [5, 5.41) is 3.49. The Kier molecular flexibility index (Phi) is 5.15. The lowest BCUT2D eigenvalue weighted by molar-refractivity contribution is 0.113. The number of benzene rings is 1. The van der Waals surface area contributed by atoms with E-state index in [1.165, 1.54) is 12.1 Å². The van der Waals surface area contributed by atoms with Gasteiger partial charge in [-0.05, 0) is 40.9 Å². The summed E-state index contributed by atoms with van der Waals surface area (Å²) in [5.74, 6) is -0.462. The minimum Gasteiger partial charge on any atom is -0.311 e. The van der Waals surface area contributed by atoms with E-state index in [0.717, 1.165) is 13.1 Å². The van der Waals surface area contributed by atoms with E-state index in [1.54, 1.807) is 0 Å². The van der Waals surface area contributed by atoms with Crippen molar-refractivity contribution < 1.29 is 8.78 Å². The molecule has 1 N–H and O–H groups in total. The summed E-state index contributed by atoms with van der Waals surface area (Å²) in [6.45, 7) is 8.36. The SMILES string of the molecule is CC(C)C1CN(Cc2c(F)ccc(Br)c2F)C(C)CN1. The van der Waals surface area contributed by atoms with Gasteiger partial charge in [0.15, 0.2) is 0 Å². The molecule has 1 aliphatic rings. The maximum absolute atomic E-state index is 14.1. The molecule has 1 aromatic carbocycles. The van der Waals surface area contributed by atoms with Crippen molar-refractivity contribution in [2.75, 3.05) is 13.1 Å². The molecule has 1 aromatic rings. The highest BCUT2D eigenvalue weighted by Crippen LogP contribution is 2.24. The van der Waals surface area contributed by atoms with Crippen molar-refractivity contribution in [1.82, 2.24) is 10.2 Å². The summed E-state index contributed by atoms with van der Waals surface area (Å²) in [6, 6.07) is 3.36. The highest BCUT2D eigenvalue weighted by molar-refractivity contribution is 9.10. The number of hydrogen-bond acceptors (Lipinski definition) is 2. The first-order valence-corrected chi connectivity index (χ1v) is 7.79. The van der Waals surface area contributed by atoms with Crippen LogP contribution in [0.4, 0.5) is 8.78 Å². The van der Waals surface area contributed by atoms with Gasteiger partial charge in [-0.2, -0.15) is 0 Å². The van der Waals surface area contributed by atoms with Crippen molar-refractivity contribution in [3.8, 4) is 0 Å². The Labute approximate surface area is 127 Å². The number of nitrogens with zero attached hydrogens (tertiary/aromatic N) is 1. The molecule has 2 unspecified atom stereocenters. The van der Waals surface area contributed by atoms with Crippen molar-refractivity contribution in [2.24, 2.45) is 5.92 Å². The summed E-state index contributed by atoms with van der Waals surface area (Å²) in [6.07, 6.45) is 0. The molecule has 0 bridgehead atoms. The smallest absolute Gasteiger partial charge is 0.144 e. The van der Waals surface area contributed by atoms with Crippen LogP contribution in [0.15, 0.2) is 16.6 Å². The Morgan fingerprint density at radius 3 is 2.75 bits per heavy atom. The van der Waals surface area contributed by atoms with E-state index in [-0.39, 0.29) is 11.6 Å². The van der Waals surface area contributed by atoms with Crippen LogP contribution in [0.2, 0.25) is 0 Å². The molecule has 112 valence electrons. The second-order valence-electron chi connectivity index (χ2n) is 5.86. The van der Waals surface area contributed by atoms with E-state index in [0.29, 0.717) is 23.0 Å². The van der Waals surface area contributed by atoms with Gasteiger partial charge in [0, 0.05) is 37.3 Å². The number of halogens is 3. The van der Waals surface area contributed by atoms with Gasteiger partial charge in [0.1, 0.15) is 11.6 Å². The lowest BCUT2D eigenvalue weighted by atomic mass is 9.99. The molecule has 2 rings (SSSR count). The molecule has 2 nitrogen and oxygen atoms in total. The first-order valence-electron chi connectivity index (χ1n) is 7.00. The molecule has 0 saturated carbocycles. The third-order valence-electron chi connectivity index (χ3n) is 4.03. The standard InChI is InChI=1S/C15H21BrF2N2/c1-9(2)14-8-20(10(3)6-19-14)7-11-13(17)5-4-12(16)15(11)18/h4-5,9-10,14,19H,6-8H2,1-3H3. The summed E-state index contributed by atoms with van der Waals surface area (Å²) in [5.41, 5.74) is 0.149. The van der Waals surface area contributed by atoms with Crippen LogP contribution in [0.1, 0.15) is 26.3 Å². The molecule has 0 radical (unpaired) electrons. The van der Waals surface area contributed by atoms with Gasteiger partial charge in [0.2, 0.25) is 0 Å². The second-order valence-corrected chi connectivity index (χ2v) is 6.71. The molecule has 1 fully saturated rings. The molecule has 1 saturated heterocycles. The van der Waals surface area contributed by atoms with Crippen LogP contribution in [-0.4, -0.2) is 30.1 Å². The average molecular weight is 347 g/mol. The van der Waals surface area contributed by atoms with Crippen LogP contribution in [0.25, 0.3) is 0 Å². The molecular weight excluding hydrogens is 326 g/mol. The summed E-state index contributed by atoms with van der Waals surface area (Å²) in [4.78, 5) is 2.15. The van der Waals surface area contributed by atoms with Gasteiger partial charge in [-0.25, -0.2) is 8.78 Å². The van der Waals surface area contributed by atoms with Crippen LogP contribution in [0, 0.1) is 17.6 Å². The van der Waals surface area contributed by atoms with Crippen molar-refractivity contribution in [3.05, 3.63) is 33.8 Å². The summed E-state index contributed by atoms with van der Waals surface area (Å²) < 4.78 is 28.3. The Hall–Kier alpha value is -0.520. The first-order chi connectivity index (χ1) is 9.40. The van der Waals surface area contributed by atoms with E-state index in [2.05, 4.69) is 46.9 Å². The van der Waals surface area contributed by atoms with Gasteiger partial charge >= 0.3 is 0 Å². The summed E-state index contributed by atoms with van der Waals surface area (Å²) in [7, 11) is 0. The fraction of sp³-hybridized carbons (Fsp3) is 0.600. The fourth-order valence-corrected chi connectivity index (χ4v) is 2.90. The topological polar surface area (TPSA) is 15.3 Å². The van der Waals surface area contributed by atoms with Gasteiger partial charge in [0.25, 0.3) is 0 Å². The summed E-state index contributed by atoms with van der Waals surface area (Å²) >= 11 is 3.12. The maximum Gasteiger partial charge on any atom is 0.144 e. The molecule has 0 amide bonds. The van der Waals surface area contributed by atoms with E-state index in [9.17, 15) is 8.78 Å². The van der Waals surface area contributed by atoms with Crippen LogP contribution < -0.4 is 5.32 Å². The molecule has 0 spiro atoms. The van der Waals surface area contributed by atoms with Gasteiger partial charge < -0.3 is 5.32 Å². The minimum atomic E-state index is -0.489. The van der Waals surface area contributed by atoms with E-state index >= 15 is 0 Å². The Morgan fingerprint density at radius 1 is 1.40 bits per heavy atom. The van der Waals surface area contributed by atoms with Gasteiger partial charge in [0.05, 0.1) is 4.47 Å².